The van der Waals surface area contributed by atoms with Gasteiger partial charge in [-0.2, -0.15) is 4.57 Å². The van der Waals surface area contributed by atoms with E-state index in [-0.39, 0.29) is 0 Å². The number of fused-ring (bicyclic) bond motifs is 10. The number of aromatic nitrogens is 2. The van der Waals surface area contributed by atoms with E-state index in [0.29, 0.717) is 0 Å². The standard InChI is InChI=1S/C29H22N4/c1-32-24-13-7-17-28(32)26-15-5-10-22(30-26)20-25-14-8-18-29(27-16-6-9-21(19-24)31-27)33(25)23-11-3-2-4-12-23/h2-20H,1H3/p+1. The van der Waals surface area contributed by atoms with E-state index in [9.17, 15) is 0 Å². The Balaban J connectivity index is 1.65. The molecule has 0 amide bonds. The van der Waals surface area contributed by atoms with Gasteiger partial charge in [-0.1, -0.05) is 36.4 Å². The minimum Gasteiger partial charge on any atom is -0.354 e. The van der Waals surface area contributed by atoms with Crippen LogP contribution in [0.2, 0.25) is 0 Å². The van der Waals surface area contributed by atoms with Gasteiger partial charge in [0.15, 0.2) is 0 Å². The molecular formula is C29H23N4+. The number of pyridine rings is 2. The number of hydrogen-bond acceptors (Lipinski definition) is 3. The van der Waals surface area contributed by atoms with Gasteiger partial charge < -0.3 is 10.2 Å². The lowest BCUT2D eigenvalue weighted by molar-refractivity contribution is -0.586. The largest absolute Gasteiger partial charge is 0.354 e. The van der Waals surface area contributed by atoms with Crippen LogP contribution < -0.4 is 9.88 Å². The first-order valence-corrected chi connectivity index (χ1v) is 11.1. The lowest BCUT2D eigenvalue weighted by atomic mass is 10.1. The molecule has 0 fully saturated rings. The van der Waals surface area contributed by atoms with E-state index < -0.39 is 0 Å². The summed E-state index contributed by atoms with van der Waals surface area (Å²) in [4.78, 5) is 7.23. The first kappa shape index (κ1) is 19.3. The quantitative estimate of drug-likeness (QED) is 0.545. The highest BCUT2D eigenvalue weighted by Crippen LogP contribution is 2.27. The summed E-state index contributed by atoms with van der Waals surface area (Å²) >= 11 is 0. The van der Waals surface area contributed by atoms with Gasteiger partial charge in [-0.15, -0.1) is 0 Å². The minimum atomic E-state index is 0.920. The SMILES string of the molecule is CN1C2=Cc3cccc(n3)-c3cccc([n+]3-c3ccccc3)C=C3C=CC=C(N3)C1=CC=C2. The maximum absolute atomic E-state index is 5.03. The molecule has 0 saturated heterocycles. The molecule has 6 rings (SSSR count). The smallest absolute Gasteiger partial charge is 0.237 e. The second-order valence-electron chi connectivity index (χ2n) is 8.16. The van der Waals surface area contributed by atoms with Crippen LogP contribution in [0.3, 0.4) is 0 Å². The van der Waals surface area contributed by atoms with E-state index in [1.807, 2.05) is 6.07 Å². The second kappa shape index (κ2) is 7.92. The molecule has 2 aromatic heterocycles. The summed E-state index contributed by atoms with van der Waals surface area (Å²) in [6.07, 6.45) is 17.0. The molecule has 158 valence electrons. The lowest BCUT2D eigenvalue weighted by Crippen LogP contribution is -2.37. The van der Waals surface area contributed by atoms with Gasteiger partial charge in [-0.3, -0.25) is 0 Å². The molecule has 4 nitrogen and oxygen atoms in total. The van der Waals surface area contributed by atoms with Crippen LogP contribution in [0.1, 0.15) is 11.4 Å². The molecule has 1 N–H and O–H groups in total. The third-order valence-electron chi connectivity index (χ3n) is 6.03. The van der Waals surface area contributed by atoms with Gasteiger partial charge in [0.05, 0.1) is 17.1 Å². The van der Waals surface area contributed by atoms with Crippen LogP contribution >= 0.6 is 0 Å². The minimum absolute atomic E-state index is 0.920. The molecule has 0 spiro atoms. The van der Waals surface area contributed by atoms with E-state index in [1.165, 1.54) is 0 Å². The van der Waals surface area contributed by atoms with Crippen molar-refractivity contribution in [2.24, 2.45) is 0 Å². The van der Waals surface area contributed by atoms with Crippen LogP contribution in [0, 0.1) is 0 Å². The van der Waals surface area contributed by atoms with Gasteiger partial charge in [0.1, 0.15) is 5.69 Å². The topological polar surface area (TPSA) is 32.0 Å². The molecule has 0 unspecified atom stereocenters. The van der Waals surface area contributed by atoms with E-state index in [0.717, 1.165) is 51.3 Å². The fourth-order valence-electron chi connectivity index (χ4n) is 4.43. The number of allylic oxidation sites excluding steroid dienone is 6. The van der Waals surface area contributed by atoms with Gasteiger partial charge >= 0.3 is 0 Å². The van der Waals surface area contributed by atoms with Crippen molar-refractivity contribution in [1.82, 2.24) is 15.2 Å². The van der Waals surface area contributed by atoms with E-state index >= 15 is 0 Å². The average Bonchev–Trinajstić information content (AvgIpc) is 2.86. The Hall–Kier alpha value is -4.44. The molecular weight excluding hydrogens is 404 g/mol. The Labute approximate surface area is 193 Å². The van der Waals surface area contributed by atoms with Crippen LogP contribution in [0.15, 0.2) is 126 Å². The monoisotopic (exact) mass is 427 g/mol. The van der Waals surface area contributed by atoms with E-state index in [4.69, 9.17) is 4.98 Å². The normalized spacial score (nSPS) is 16.1. The van der Waals surface area contributed by atoms with Crippen molar-refractivity contribution in [2.75, 3.05) is 7.05 Å². The van der Waals surface area contributed by atoms with Gasteiger partial charge in [0.25, 0.3) is 0 Å². The number of benzene rings is 1. The molecule has 0 atom stereocenters. The average molecular weight is 428 g/mol. The molecule has 3 aromatic rings. The molecule has 0 radical (unpaired) electrons. The molecule has 5 heterocycles. The summed E-state index contributed by atoms with van der Waals surface area (Å²) in [7, 11) is 2.09. The first-order valence-electron chi connectivity index (χ1n) is 11.1. The van der Waals surface area contributed by atoms with Crippen molar-refractivity contribution in [2.45, 2.75) is 0 Å². The fourth-order valence-corrected chi connectivity index (χ4v) is 4.43. The van der Waals surface area contributed by atoms with Gasteiger partial charge in [0, 0.05) is 48.8 Å². The number of nitrogens with zero attached hydrogens (tertiary/aromatic N) is 3. The highest BCUT2D eigenvalue weighted by atomic mass is 15.2. The Bertz CT molecular complexity index is 1440. The summed E-state index contributed by atoms with van der Waals surface area (Å²) in [5.41, 5.74) is 9.33. The summed E-state index contributed by atoms with van der Waals surface area (Å²) in [5.74, 6) is 0. The molecule has 3 aliphatic rings. The zero-order valence-electron chi connectivity index (χ0n) is 18.3. The maximum atomic E-state index is 5.03. The molecule has 33 heavy (non-hydrogen) atoms. The zero-order chi connectivity index (χ0) is 22.2. The van der Waals surface area contributed by atoms with Crippen molar-refractivity contribution < 1.29 is 4.57 Å². The number of dihydropyridines is 1. The Kier molecular flexibility index (Phi) is 4.62. The predicted octanol–water partition coefficient (Wildman–Crippen LogP) is 5.15. The molecule has 3 aliphatic heterocycles. The molecule has 1 aromatic carbocycles. The van der Waals surface area contributed by atoms with E-state index in [2.05, 4.69) is 131 Å². The maximum Gasteiger partial charge on any atom is 0.237 e. The molecule has 0 aliphatic carbocycles. The van der Waals surface area contributed by atoms with E-state index in [1.54, 1.807) is 0 Å². The fraction of sp³-hybridized carbons (Fsp3) is 0.0345. The third-order valence-corrected chi connectivity index (χ3v) is 6.03. The van der Waals surface area contributed by atoms with Gasteiger partial charge in [-0.05, 0) is 48.6 Å². The number of likely N-dealkylation sites (N-methyl/N-ethyl adjacent to an activating group) is 1. The predicted molar refractivity (Wildman–Crippen MR) is 133 cm³/mol. The van der Waals surface area contributed by atoms with Crippen LogP contribution in [0.4, 0.5) is 0 Å². The summed E-state index contributed by atoms with van der Waals surface area (Å²) in [5, 5.41) is 3.62. The van der Waals surface area contributed by atoms with Gasteiger partial charge in [-0.25, -0.2) is 4.98 Å². The number of para-hydroxylation sites is 1. The van der Waals surface area contributed by atoms with Crippen molar-refractivity contribution in [3.8, 4) is 17.1 Å². The van der Waals surface area contributed by atoms with Crippen LogP contribution in [-0.4, -0.2) is 16.9 Å². The molecule has 4 heteroatoms. The third kappa shape index (κ3) is 3.52. The first-order chi connectivity index (χ1) is 16.3. The highest BCUT2D eigenvalue weighted by Gasteiger charge is 2.23. The summed E-state index contributed by atoms with van der Waals surface area (Å²) in [6, 6.07) is 23.0. The summed E-state index contributed by atoms with van der Waals surface area (Å²) < 4.78 is 2.26. The van der Waals surface area contributed by atoms with Crippen molar-refractivity contribution in [3.05, 3.63) is 137 Å². The zero-order valence-corrected chi connectivity index (χ0v) is 18.3. The Morgan fingerprint density at radius 3 is 2.58 bits per heavy atom. The van der Waals surface area contributed by atoms with Gasteiger partial charge in [0.2, 0.25) is 17.1 Å². The second-order valence-corrected chi connectivity index (χ2v) is 8.16. The van der Waals surface area contributed by atoms with Crippen molar-refractivity contribution in [1.29, 1.82) is 0 Å². The van der Waals surface area contributed by atoms with Crippen molar-refractivity contribution in [3.63, 3.8) is 0 Å². The van der Waals surface area contributed by atoms with Crippen LogP contribution in [0.25, 0.3) is 29.2 Å². The number of rotatable bonds is 1. The number of nitrogens with one attached hydrogen (secondary N) is 1. The van der Waals surface area contributed by atoms with Crippen LogP contribution in [0.5, 0.6) is 0 Å². The lowest BCUT2D eigenvalue weighted by Gasteiger charge is -2.29. The Morgan fingerprint density at radius 2 is 1.67 bits per heavy atom. The highest BCUT2D eigenvalue weighted by molar-refractivity contribution is 5.63. The Morgan fingerprint density at radius 1 is 0.818 bits per heavy atom. The summed E-state index contributed by atoms with van der Waals surface area (Å²) in [6.45, 7) is 0. The van der Waals surface area contributed by atoms with Crippen LogP contribution in [-0.2, 0) is 0 Å². The van der Waals surface area contributed by atoms with Crippen molar-refractivity contribution >= 4 is 12.2 Å². The molecule has 0 saturated carbocycles. The molecule has 8 bridgehead atoms. The number of hydrogen-bond donors (Lipinski definition) is 1.